The predicted octanol–water partition coefficient (Wildman–Crippen LogP) is 2.20. The zero-order valence-electron chi connectivity index (χ0n) is 15.7. The number of rotatable bonds is 7. The molecule has 0 radical (unpaired) electrons. The van der Waals surface area contributed by atoms with Gasteiger partial charge in [0.05, 0.1) is 6.04 Å². The van der Waals surface area contributed by atoms with Crippen LogP contribution in [-0.2, 0) is 17.8 Å². The average molecular weight is 358 g/mol. The molecule has 0 saturated heterocycles. The maximum atomic E-state index is 12.2. The molecule has 1 heterocycles. The Hall–Kier alpha value is -2.90. The van der Waals surface area contributed by atoms with Gasteiger partial charge in [0.1, 0.15) is 12.2 Å². The van der Waals surface area contributed by atoms with E-state index in [0.717, 1.165) is 5.56 Å². The molecule has 2 aromatic rings. The van der Waals surface area contributed by atoms with Crippen LogP contribution in [0.4, 0.5) is 10.5 Å². The molecule has 0 bridgehead atoms. The summed E-state index contributed by atoms with van der Waals surface area (Å²) in [6, 6.07) is 6.92. The minimum atomic E-state index is -0.307. The molecule has 2 rings (SSSR count). The first-order valence-electron chi connectivity index (χ1n) is 8.65. The molecule has 0 saturated carbocycles. The standard InChI is InChI=1S/C18H26N6O2/c1-5-24-17(19-12-20-24)13(2)21-18(26)22-15-9-6-14(7-10-15)8-11-16(25)23(3)4/h6-7,9-10,12-13H,5,8,11H2,1-4H3,(H2,21,22,26)/t13-/m1/s1. The van der Waals surface area contributed by atoms with Gasteiger partial charge in [0, 0.05) is 32.7 Å². The first kappa shape index (κ1) is 19.4. The SMILES string of the molecule is CCn1ncnc1[C@@H](C)NC(=O)Nc1ccc(CCC(=O)N(C)C)cc1. The minimum absolute atomic E-state index is 0.0977. The number of anilines is 1. The number of nitrogens with zero attached hydrogens (tertiary/aromatic N) is 4. The third-order valence-corrected chi connectivity index (χ3v) is 4.02. The highest BCUT2D eigenvalue weighted by Crippen LogP contribution is 2.13. The second-order valence-electron chi connectivity index (χ2n) is 6.24. The van der Waals surface area contributed by atoms with E-state index in [0.29, 0.717) is 30.9 Å². The van der Waals surface area contributed by atoms with Gasteiger partial charge in [-0.15, -0.1) is 0 Å². The molecule has 0 aliphatic carbocycles. The summed E-state index contributed by atoms with van der Waals surface area (Å²) in [4.78, 5) is 29.6. The van der Waals surface area contributed by atoms with Gasteiger partial charge < -0.3 is 15.5 Å². The third-order valence-electron chi connectivity index (χ3n) is 4.02. The Morgan fingerprint density at radius 3 is 2.54 bits per heavy atom. The third kappa shape index (κ3) is 5.30. The first-order chi connectivity index (χ1) is 12.4. The van der Waals surface area contributed by atoms with Crippen LogP contribution in [0.2, 0.25) is 0 Å². The fourth-order valence-electron chi connectivity index (χ4n) is 2.51. The Morgan fingerprint density at radius 1 is 1.23 bits per heavy atom. The summed E-state index contributed by atoms with van der Waals surface area (Å²) in [6.45, 7) is 4.53. The first-order valence-corrected chi connectivity index (χ1v) is 8.65. The lowest BCUT2D eigenvalue weighted by atomic mass is 10.1. The van der Waals surface area contributed by atoms with Gasteiger partial charge in [-0.25, -0.2) is 14.5 Å². The van der Waals surface area contributed by atoms with Crippen LogP contribution in [0, 0.1) is 0 Å². The van der Waals surface area contributed by atoms with Crippen LogP contribution in [0.3, 0.4) is 0 Å². The fraction of sp³-hybridized carbons (Fsp3) is 0.444. The molecule has 3 amide bonds. The molecule has 0 unspecified atom stereocenters. The molecule has 26 heavy (non-hydrogen) atoms. The lowest BCUT2D eigenvalue weighted by molar-refractivity contribution is -0.128. The molecule has 140 valence electrons. The molecular weight excluding hydrogens is 332 g/mol. The van der Waals surface area contributed by atoms with Crippen molar-refractivity contribution < 1.29 is 9.59 Å². The maximum Gasteiger partial charge on any atom is 0.319 e. The fourth-order valence-corrected chi connectivity index (χ4v) is 2.51. The van der Waals surface area contributed by atoms with Gasteiger partial charge in [-0.05, 0) is 38.0 Å². The largest absolute Gasteiger partial charge is 0.349 e. The van der Waals surface area contributed by atoms with Crippen molar-refractivity contribution in [2.75, 3.05) is 19.4 Å². The van der Waals surface area contributed by atoms with E-state index in [1.54, 1.807) is 23.7 Å². The molecule has 1 aromatic carbocycles. The summed E-state index contributed by atoms with van der Waals surface area (Å²) in [5.41, 5.74) is 1.74. The minimum Gasteiger partial charge on any atom is -0.349 e. The van der Waals surface area contributed by atoms with E-state index < -0.39 is 0 Å². The van der Waals surface area contributed by atoms with Crippen molar-refractivity contribution in [1.82, 2.24) is 25.0 Å². The summed E-state index contributed by atoms with van der Waals surface area (Å²) in [6.07, 6.45) is 2.62. The predicted molar refractivity (Wildman–Crippen MR) is 99.7 cm³/mol. The molecule has 0 aliphatic heterocycles. The van der Waals surface area contributed by atoms with E-state index in [1.165, 1.54) is 6.33 Å². The Kier molecular flexibility index (Phi) is 6.71. The quantitative estimate of drug-likeness (QED) is 0.794. The molecule has 0 aliphatic rings. The summed E-state index contributed by atoms with van der Waals surface area (Å²) in [5.74, 6) is 0.809. The normalized spacial score (nSPS) is 11.7. The van der Waals surface area contributed by atoms with Crippen LogP contribution in [-0.4, -0.2) is 45.7 Å². The zero-order chi connectivity index (χ0) is 19.1. The Balaban J connectivity index is 1.86. The highest BCUT2D eigenvalue weighted by atomic mass is 16.2. The van der Waals surface area contributed by atoms with Crippen molar-refractivity contribution in [1.29, 1.82) is 0 Å². The topological polar surface area (TPSA) is 92.1 Å². The summed E-state index contributed by atoms with van der Waals surface area (Å²) in [5, 5.41) is 9.75. The molecule has 8 heteroatoms. The second-order valence-corrected chi connectivity index (χ2v) is 6.24. The number of carbonyl (C=O) groups is 2. The number of hydrogen-bond donors (Lipinski definition) is 2. The highest BCUT2D eigenvalue weighted by molar-refractivity contribution is 5.89. The molecule has 2 N–H and O–H groups in total. The van der Waals surface area contributed by atoms with Crippen LogP contribution >= 0.6 is 0 Å². The number of aromatic nitrogens is 3. The van der Waals surface area contributed by atoms with E-state index in [2.05, 4.69) is 20.7 Å². The van der Waals surface area contributed by atoms with E-state index in [4.69, 9.17) is 0 Å². The van der Waals surface area contributed by atoms with Crippen molar-refractivity contribution in [3.63, 3.8) is 0 Å². The number of urea groups is 1. The maximum absolute atomic E-state index is 12.2. The number of carbonyl (C=O) groups excluding carboxylic acids is 2. The summed E-state index contributed by atoms with van der Waals surface area (Å²) in [7, 11) is 3.50. The van der Waals surface area contributed by atoms with Crippen molar-refractivity contribution in [3.05, 3.63) is 42.0 Å². The highest BCUT2D eigenvalue weighted by Gasteiger charge is 2.15. The number of benzene rings is 1. The van der Waals surface area contributed by atoms with E-state index in [9.17, 15) is 9.59 Å². The number of amides is 3. The zero-order valence-corrected chi connectivity index (χ0v) is 15.7. The van der Waals surface area contributed by atoms with Gasteiger partial charge in [0.2, 0.25) is 5.91 Å². The lowest BCUT2D eigenvalue weighted by Crippen LogP contribution is -2.32. The summed E-state index contributed by atoms with van der Waals surface area (Å²) < 4.78 is 1.74. The van der Waals surface area contributed by atoms with Gasteiger partial charge in [-0.1, -0.05) is 12.1 Å². The van der Waals surface area contributed by atoms with Gasteiger partial charge in [0.15, 0.2) is 0 Å². The Morgan fingerprint density at radius 2 is 1.92 bits per heavy atom. The number of hydrogen-bond acceptors (Lipinski definition) is 4. The van der Waals surface area contributed by atoms with Gasteiger partial charge in [-0.3, -0.25) is 4.79 Å². The van der Waals surface area contributed by atoms with Gasteiger partial charge in [-0.2, -0.15) is 5.10 Å². The Bertz CT molecular complexity index is 738. The van der Waals surface area contributed by atoms with Crippen molar-refractivity contribution >= 4 is 17.6 Å². The van der Waals surface area contributed by atoms with Crippen LogP contribution < -0.4 is 10.6 Å². The molecule has 0 spiro atoms. The second kappa shape index (κ2) is 8.98. The van der Waals surface area contributed by atoms with Crippen molar-refractivity contribution in [3.8, 4) is 0 Å². The monoisotopic (exact) mass is 358 g/mol. The van der Waals surface area contributed by atoms with E-state index >= 15 is 0 Å². The molecule has 1 atom stereocenters. The van der Waals surface area contributed by atoms with Crippen molar-refractivity contribution in [2.24, 2.45) is 0 Å². The van der Waals surface area contributed by atoms with Crippen LogP contribution in [0.15, 0.2) is 30.6 Å². The van der Waals surface area contributed by atoms with Crippen LogP contribution in [0.25, 0.3) is 0 Å². The molecule has 8 nitrogen and oxygen atoms in total. The number of aryl methyl sites for hydroxylation is 2. The van der Waals surface area contributed by atoms with Crippen LogP contribution in [0.1, 0.15) is 37.7 Å². The van der Waals surface area contributed by atoms with Gasteiger partial charge >= 0.3 is 6.03 Å². The molecule has 1 aromatic heterocycles. The van der Waals surface area contributed by atoms with Crippen molar-refractivity contribution in [2.45, 2.75) is 39.3 Å². The van der Waals surface area contributed by atoms with E-state index in [1.807, 2.05) is 38.1 Å². The molecule has 0 fully saturated rings. The smallest absolute Gasteiger partial charge is 0.319 e. The lowest BCUT2D eigenvalue weighted by Gasteiger charge is -2.15. The Labute approximate surface area is 153 Å². The average Bonchev–Trinajstić information content (AvgIpc) is 3.09. The van der Waals surface area contributed by atoms with Crippen LogP contribution in [0.5, 0.6) is 0 Å². The summed E-state index contributed by atoms with van der Waals surface area (Å²) >= 11 is 0. The van der Waals surface area contributed by atoms with Gasteiger partial charge in [0.25, 0.3) is 0 Å². The number of nitrogens with one attached hydrogen (secondary N) is 2. The molecular formula is C18H26N6O2. The van der Waals surface area contributed by atoms with E-state index in [-0.39, 0.29) is 18.0 Å².